The summed E-state index contributed by atoms with van der Waals surface area (Å²) >= 11 is 0. The van der Waals surface area contributed by atoms with Crippen LogP contribution in [-0.2, 0) is 6.42 Å². The normalized spacial score (nSPS) is 12.6. The third-order valence-electron chi connectivity index (χ3n) is 2.32. The highest BCUT2D eigenvalue weighted by Gasteiger charge is 2.15. The second kappa shape index (κ2) is 5.51. The van der Waals surface area contributed by atoms with Crippen molar-refractivity contribution in [2.24, 2.45) is 5.73 Å². The summed E-state index contributed by atoms with van der Waals surface area (Å²) < 4.78 is 4.97. The molecule has 0 bridgehead atoms. The number of aliphatic hydroxyl groups excluding tert-OH is 1. The Morgan fingerprint density at radius 1 is 1.35 bits per heavy atom. The van der Waals surface area contributed by atoms with Gasteiger partial charge in [-0.2, -0.15) is 4.98 Å². The lowest BCUT2D eigenvalue weighted by Crippen LogP contribution is -2.07. The molecule has 0 aliphatic heterocycles. The van der Waals surface area contributed by atoms with E-state index in [0.29, 0.717) is 25.2 Å². The van der Waals surface area contributed by atoms with E-state index in [1.54, 1.807) is 12.4 Å². The number of hydrogen-bond donors (Lipinski definition) is 2. The Morgan fingerprint density at radius 3 is 2.82 bits per heavy atom. The topological polar surface area (TPSA) is 98.1 Å². The van der Waals surface area contributed by atoms with Gasteiger partial charge >= 0.3 is 0 Å². The van der Waals surface area contributed by atoms with Crippen LogP contribution in [-0.4, -0.2) is 26.8 Å². The molecule has 6 heteroatoms. The van der Waals surface area contributed by atoms with Crippen LogP contribution in [0.1, 0.15) is 29.8 Å². The van der Waals surface area contributed by atoms with Crippen LogP contribution < -0.4 is 5.73 Å². The van der Waals surface area contributed by atoms with Crippen LogP contribution >= 0.6 is 0 Å². The standard InChI is InChI=1S/C11H14N4O2/c12-4-1-9(16)11-14-10(15-17-11)7-8-2-5-13-6-3-8/h2-3,5-6,9,16H,1,4,7,12H2. The highest BCUT2D eigenvalue weighted by atomic mass is 16.5. The van der Waals surface area contributed by atoms with Crippen molar-refractivity contribution in [2.75, 3.05) is 6.54 Å². The Hall–Kier alpha value is -1.79. The van der Waals surface area contributed by atoms with Crippen LogP contribution in [0.5, 0.6) is 0 Å². The number of rotatable bonds is 5. The third kappa shape index (κ3) is 3.08. The fourth-order valence-corrected chi connectivity index (χ4v) is 1.44. The summed E-state index contributed by atoms with van der Waals surface area (Å²) in [7, 11) is 0. The monoisotopic (exact) mass is 234 g/mol. The minimum Gasteiger partial charge on any atom is -0.383 e. The first-order valence-electron chi connectivity index (χ1n) is 5.39. The Balaban J connectivity index is 2.04. The average Bonchev–Trinajstić information content (AvgIpc) is 2.79. The van der Waals surface area contributed by atoms with Gasteiger partial charge in [-0.1, -0.05) is 5.16 Å². The lowest BCUT2D eigenvalue weighted by Gasteiger charge is -2.00. The summed E-state index contributed by atoms with van der Waals surface area (Å²) in [6.07, 6.45) is 3.61. The zero-order valence-corrected chi connectivity index (χ0v) is 9.28. The Bertz CT molecular complexity index is 458. The van der Waals surface area contributed by atoms with E-state index in [4.69, 9.17) is 10.3 Å². The molecule has 0 saturated heterocycles. The maximum absolute atomic E-state index is 9.61. The molecule has 6 nitrogen and oxygen atoms in total. The van der Waals surface area contributed by atoms with Gasteiger partial charge in [0.1, 0.15) is 6.10 Å². The first-order valence-corrected chi connectivity index (χ1v) is 5.39. The summed E-state index contributed by atoms with van der Waals surface area (Å²) in [5.41, 5.74) is 6.38. The van der Waals surface area contributed by atoms with E-state index in [-0.39, 0.29) is 5.89 Å². The zero-order valence-electron chi connectivity index (χ0n) is 9.28. The highest BCUT2D eigenvalue weighted by molar-refractivity contribution is 5.14. The van der Waals surface area contributed by atoms with Crippen molar-refractivity contribution >= 4 is 0 Å². The molecule has 1 unspecified atom stereocenters. The van der Waals surface area contributed by atoms with Gasteiger partial charge in [0, 0.05) is 18.8 Å². The molecular formula is C11H14N4O2. The maximum atomic E-state index is 9.61. The van der Waals surface area contributed by atoms with Crippen molar-refractivity contribution in [3.05, 3.63) is 41.8 Å². The predicted molar refractivity (Wildman–Crippen MR) is 60.0 cm³/mol. The quantitative estimate of drug-likeness (QED) is 0.778. The van der Waals surface area contributed by atoms with Gasteiger partial charge in [0.05, 0.1) is 0 Å². The molecule has 0 aliphatic rings. The van der Waals surface area contributed by atoms with E-state index in [2.05, 4.69) is 15.1 Å². The summed E-state index contributed by atoms with van der Waals surface area (Å²) in [5.74, 6) is 0.766. The van der Waals surface area contributed by atoms with E-state index in [1.165, 1.54) is 0 Å². The van der Waals surface area contributed by atoms with Gasteiger partial charge in [0.15, 0.2) is 5.82 Å². The molecule has 2 aromatic heterocycles. The van der Waals surface area contributed by atoms with Crippen LogP contribution in [0.3, 0.4) is 0 Å². The van der Waals surface area contributed by atoms with Gasteiger partial charge in [-0.25, -0.2) is 0 Å². The number of nitrogens with two attached hydrogens (primary N) is 1. The number of aliphatic hydroxyl groups is 1. The fraction of sp³-hybridized carbons (Fsp3) is 0.364. The molecule has 1 atom stereocenters. The van der Waals surface area contributed by atoms with Gasteiger partial charge < -0.3 is 15.4 Å². The van der Waals surface area contributed by atoms with Gasteiger partial charge in [-0.3, -0.25) is 4.98 Å². The molecule has 2 heterocycles. The molecule has 0 aromatic carbocycles. The number of nitrogens with zero attached hydrogens (tertiary/aromatic N) is 3. The van der Waals surface area contributed by atoms with Gasteiger partial charge in [-0.15, -0.1) is 0 Å². The van der Waals surface area contributed by atoms with E-state index < -0.39 is 6.10 Å². The smallest absolute Gasteiger partial charge is 0.255 e. The second-order valence-electron chi connectivity index (χ2n) is 3.67. The van der Waals surface area contributed by atoms with Crippen molar-refractivity contribution in [1.82, 2.24) is 15.1 Å². The van der Waals surface area contributed by atoms with Crippen LogP contribution in [0.15, 0.2) is 29.0 Å². The average molecular weight is 234 g/mol. The van der Waals surface area contributed by atoms with Crippen molar-refractivity contribution in [3.8, 4) is 0 Å². The fourth-order valence-electron chi connectivity index (χ4n) is 1.44. The Morgan fingerprint density at radius 2 is 2.12 bits per heavy atom. The Kier molecular flexibility index (Phi) is 3.79. The SMILES string of the molecule is NCCC(O)c1nc(Cc2ccncc2)no1. The van der Waals surface area contributed by atoms with Gasteiger partial charge in [0.2, 0.25) is 0 Å². The number of aromatic nitrogens is 3. The van der Waals surface area contributed by atoms with Gasteiger partial charge in [0.25, 0.3) is 5.89 Å². The van der Waals surface area contributed by atoms with Crippen LogP contribution in [0.2, 0.25) is 0 Å². The lowest BCUT2D eigenvalue weighted by molar-refractivity contribution is 0.127. The molecule has 3 N–H and O–H groups in total. The van der Waals surface area contributed by atoms with E-state index in [0.717, 1.165) is 5.56 Å². The molecule has 2 rings (SSSR count). The molecule has 0 spiro atoms. The molecule has 0 radical (unpaired) electrons. The van der Waals surface area contributed by atoms with Gasteiger partial charge in [-0.05, 0) is 30.7 Å². The molecule has 0 fully saturated rings. The summed E-state index contributed by atoms with van der Waals surface area (Å²) in [6, 6.07) is 3.76. The van der Waals surface area contributed by atoms with Crippen LogP contribution in [0.4, 0.5) is 0 Å². The number of hydrogen-bond acceptors (Lipinski definition) is 6. The molecule has 0 aliphatic carbocycles. The summed E-state index contributed by atoms with van der Waals surface area (Å²) in [4.78, 5) is 8.05. The molecule has 17 heavy (non-hydrogen) atoms. The number of pyridine rings is 1. The summed E-state index contributed by atoms with van der Waals surface area (Å²) in [5, 5.41) is 13.4. The van der Waals surface area contributed by atoms with Crippen molar-refractivity contribution in [1.29, 1.82) is 0 Å². The molecular weight excluding hydrogens is 220 g/mol. The largest absolute Gasteiger partial charge is 0.383 e. The predicted octanol–water partition coefficient (Wildman–Crippen LogP) is 0.438. The van der Waals surface area contributed by atoms with E-state index >= 15 is 0 Å². The van der Waals surface area contributed by atoms with Crippen molar-refractivity contribution in [3.63, 3.8) is 0 Å². The molecule has 90 valence electrons. The highest BCUT2D eigenvalue weighted by Crippen LogP contribution is 2.14. The minimum atomic E-state index is -0.779. The van der Waals surface area contributed by atoms with Crippen LogP contribution in [0, 0.1) is 0 Å². The molecule has 2 aromatic rings. The third-order valence-corrected chi connectivity index (χ3v) is 2.32. The minimum absolute atomic E-state index is 0.222. The second-order valence-corrected chi connectivity index (χ2v) is 3.67. The van der Waals surface area contributed by atoms with Crippen molar-refractivity contribution < 1.29 is 9.63 Å². The maximum Gasteiger partial charge on any atom is 0.255 e. The van der Waals surface area contributed by atoms with E-state index in [1.807, 2.05) is 12.1 Å². The Labute approximate surface area is 98.5 Å². The van der Waals surface area contributed by atoms with Crippen molar-refractivity contribution in [2.45, 2.75) is 18.9 Å². The van der Waals surface area contributed by atoms with E-state index in [9.17, 15) is 5.11 Å². The molecule has 0 amide bonds. The lowest BCUT2D eigenvalue weighted by atomic mass is 10.2. The van der Waals surface area contributed by atoms with Crippen LogP contribution in [0.25, 0.3) is 0 Å². The first-order chi connectivity index (χ1) is 8.29. The molecule has 0 saturated carbocycles. The first kappa shape index (κ1) is 11.7. The zero-order chi connectivity index (χ0) is 12.1. The summed E-state index contributed by atoms with van der Waals surface area (Å²) in [6.45, 7) is 0.378.